The molecule has 1 amide bonds. The summed E-state index contributed by atoms with van der Waals surface area (Å²) in [5.41, 5.74) is -0.425. The van der Waals surface area contributed by atoms with Gasteiger partial charge in [-0.3, -0.25) is 0 Å². The normalized spacial score (nSPS) is 24.9. The molecule has 0 aliphatic carbocycles. The number of amides is 1. The minimum Gasteiger partial charge on any atom is -0.444 e. The molecule has 1 heterocycles. The molecule has 2 atom stereocenters. The Bertz CT molecular complexity index is 319. The average molecular weight is 223 g/mol. The second kappa shape index (κ2) is 4.78. The molecular formula is C13H21NO2. The molecule has 0 N–H and O–H groups in total. The van der Waals surface area contributed by atoms with Gasteiger partial charge in [-0.25, -0.2) is 4.79 Å². The molecule has 1 saturated heterocycles. The molecule has 1 fully saturated rings. The average Bonchev–Trinajstić information content (AvgIpc) is 2.44. The van der Waals surface area contributed by atoms with Crippen LogP contribution in [-0.2, 0) is 4.74 Å². The molecule has 16 heavy (non-hydrogen) atoms. The molecule has 1 aliphatic heterocycles. The minimum atomic E-state index is -0.425. The lowest BCUT2D eigenvalue weighted by Gasteiger charge is -2.26. The van der Waals surface area contributed by atoms with Gasteiger partial charge in [0.1, 0.15) is 5.60 Å². The Kier molecular flexibility index (Phi) is 3.85. The van der Waals surface area contributed by atoms with Crippen molar-refractivity contribution in [2.24, 2.45) is 5.92 Å². The van der Waals surface area contributed by atoms with Gasteiger partial charge in [0, 0.05) is 18.5 Å². The van der Waals surface area contributed by atoms with Gasteiger partial charge < -0.3 is 9.64 Å². The molecule has 0 spiro atoms. The van der Waals surface area contributed by atoms with Crippen molar-refractivity contribution in [1.82, 2.24) is 4.90 Å². The van der Waals surface area contributed by atoms with Gasteiger partial charge in [-0.05, 0) is 41.0 Å². The van der Waals surface area contributed by atoms with Crippen LogP contribution in [0.3, 0.4) is 0 Å². The Hall–Kier alpha value is -1.17. The van der Waals surface area contributed by atoms with Crippen LogP contribution in [-0.4, -0.2) is 29.2 Å². The van der Waals surface area contributed by atoms with Crippen molar-refractivity contribution in [1.29, 1.82) is 0 Å². The highest BCUT2D eigenvalue weighted by Gasteiger charge is 2.34. The SMILES string of the molecule is CC#C[C@H]1C[C@@H](C)N(C(=O)OC(C)(C)C)C1. The maximum absolute atomic E-state index is 11.9. The predicted octanol–water partition coefficient (Wildman–Crippen LogP) is 2.66. The molecule has 1 rings (SSSR count). The maximum Gasteiger partial charge on any atom is 0.410 e. The quantitative estimate of drug-likeness (QED) is 0.591. The van der Waals surface area contributed by atoms with Gasteiger partial charge in [0.15, 0.2) is 0 Å². The zero-order chi connectivity index (χ0) is 12.3. The van der Waals surface area contributed by atoms with Crippen molar-refractivity contribution < 1.29 is 9.53 Å². The molecule has 0 saturated carbocycles. The van der Waals surface area contributed by atoms with E-state index in [9.17, 15) is 4.79 Å². The third-order valence-corrected chi connectivity index (χ3v) is 2.55. The number of rotatable bonds is 0. The molecule has 3 heteroatoms. The zero-order valence-corrected chi connectivity index (χ0v) is 10.8. The van der Waals surface area contributed by atoms with Crippen LogP contribution in [0.15, 0.2) is 0 Å². The molecule has 0 radical (unpaired) electrons. The molecule has 0 bridgehead atoms. The van der Waals surface area contributed by atoms with Crippen LogP contribution in [0, 0.1) is 17.8 Å². The molecule has 0 aromatic heterocycles. The van der Waals surface area contributed by atoms with E-state index in [2.05, 4.69) is 11.8 Å². The van der Waals surface area contributed by atoms with Crippen LogP contribution in [0.1, 0.15) is 41.0 Å². The number of nitrogens with zero attached hydrogens (tertiary/aromatic N) is 1. The summed E-state index contributed by atoms with van der Waals surface area (Å²) in [6.07, 6.45) is 0.723. The lowest BCUT2D eigenvalue weighted by Crippen LogP contribution is -2.38. The van der Waals surface area contributed by atoms with Crippen molar-refractivity contribution in [3.63, 3.8) is 0 Å². The highest BCUT2D eigenvalue weighted by atomic mass is 16.6. The van der Waals surface area contributed by atoms with Gasteiger partial charge in [0.05, 0.1) is 0 Å². The lowest BCUT2D eigenvalue weighted by atomic mass is 10.1. The highest BCUT2D eigenvalue weighted by molar-refractivity contribution is 5.69. The van der Waals surface area contributed by atoms with Crippen LogP contribution in [0.25, 0.3) is 0 Å². The van der Waals surface area contributed by atoms with E-state index in [1.165, 1.54) is 0 Å². The number of likely N-dealkylation sites (tertiary alicyclic amines) is 1. The second-order valence-electron chi connectivity index (χ2n) is 5.31. The van der Waals surface area contributed by atoms with Crippen LogP contribution in [0.2, 0.25) is 0 Å². The number of hydrogen-bond donors (Lipinski definition) is 0. The fraction of sp³-hybridized carbons (Fsp3) is 0.769. The second-order valence-corrected chi connectivity index (χ2v) is 5.31. The highest BCUT2D eigenvalue weighted by Crippen LogP contribution is 2.24. The Morgan fingerprint density at radius 2 is 2.06 bits per heavy atom. The fourth-order valence-electron chi connectivity index (χ4n) is 1.91. The topological polar surface area (TPSA) is 29.5 Å². The molecule has 0 unspecified atom stereocenters. The smallest absolute Gasteiger partial charge is 0.410 e. The van der Waals surface area contributed by atoms with E-state index < -0.39 is 5.60 Å². The Morgan fingerprint density at radius 1 is 1.44 bits per heavy atom. The van der Waals surface area contributed by atoms with Crippen LogP contribution < -0.4 is 0 Å². The Labute approximate surface area is 98.1 Å². The van der Waals surface area contributed by atoms with Crippen molar-refractivity contribution in [2.75, 3.05) is 6.54 Å². The summed E-state index contributed by atoms with van der Waals surface area (Å²) in [6.45, 7) is 10.2. The molecule has 0 aromatic rings. The summed E-state index contributed by atoms with van der Waals surface area (Å²) < 4.78 is 5.36. The summed E-state index contributed by atoms with van der Waals surface area (Å²) in [7, 11) is 0. The van der Waals surface area contributed by atoms with Crippen LogP contribution in [0.5, 0.6) is 0 Å². The van der Waals surface area contributed by atoms with Gasteiger partial charge in [0.25, 0.3) is 0 Å². The summed E-state index contributed by atoms with van der Waals surface area (Å²) in [6, 6.07) is 0.223. The summed E-state index contributed by atoms with van der Waals surface area (Å²) in [5, 5.41) is 0. The number of hydrogen-bond acceptors (Lipinski definition) is 2. The third kappa shape index (κ3) is 3.44. The van der Waals surface area contributed by atoms with E-state index in [4.69, 9.17) is 4.74 Å². The Balaban J connectivity index is 2.60. The van der Waals surface area contributed by atoms with Gasteiger partial charge in [-0.2, -0.15) is 0 Å². The Morgan fingerprint density at radius 3 is 2.56 bits per heavy atom. The number of carbonyl (C=O) groups excluding carboxylic acids is 1. The van der Waals surface area contributed by atoms with Gasteiger partial charge in [-0.15, -0.1) is 5.92 Å². The largest absolute Gasteiger partial charge is 0.444 e. The van der Waals surface area contributed by atoms with E-state index in [-0.39, 0.29) is 12.1 Å². The van der Waals surface area contributed by atoms with Crippen molar-refractivity contribution >= 4 is 6.09 Å². The maximum atomic E-state index is 11.9. The molecule has 3 nitrogen and oxygen atoms in total. The first kappa shape index (κ1) is 12.9. The zero-order valence-electron chi connectivity index (χ0n) is 10.8. The number of ether oxygens (including phenoxy) is 1. The molecular weight excluding hydrogens is 202 g/mol. The predicted molar refractivity (Wildman–Crippen MR) is 64.0 cm³/mol. The summed E-state index contributed by atoms with van der Waals surface area (Å²) in [5.74, 6) is 6.33. The molecule has 1 aliphatic rings. The monoisotopic (exact) mass is 223 g/mol. The van der Waals surface area contributed by atoms with Crippen LogP contribution >= 0.6 is 0 Å². The molecule has 0 aromatic carbocycles. The van der Waals surface area contributed by atoms with Gasteiger partial charge >= 0.3 is 6.09 Å². The van der Waals surface area contributed by atoms with E-state index in [1.807, 2.05) is 34.6 Å². The first-order valence-electron chi connectivity index (χ1n) is 5.75. The van der Waals surface area contributed by atoms with E-state index in [1.54, 1.807) is 4.90 Å². The fourth-order valence-corrected chi connectivity index (χ4v) is 1.91. The van der Waals surface area contributed by atoms with Gasteiger partial charge in [-0.1, -0.05) is 5.92 Å². The first-order chi connectivity index (χ1) is 7.33. The van der Waals surface area contributed by atoms with E-state index in [0.717, 1.165) is 6.42 Å². The van der Waals surface area contributed by atoms with Crippen molar-refractivity contribution in [3.8, 4) is 11.8 Å². The minimum absolute atomic E-state index is 0.222. The first-order valence-corrected chi connectivity index (χ1v) is 5.75. The van der Waals surface area contributed by atoms with Crippen molar-refractivity contribution in [3.05, 3.63) is 0 Å². The lowest BCUT2D eigenvalue weighted by molar-refractivity contribution is 0.0236. The van der Waals surface area contributed by atoms with E-state index in [0.29, 0.717) is 12.5 Å². The van der Waals surface area contributed by atoms with Crippen LogP contribution in [0.4, 0.5) is 4.79 Å². The summed E-state index contributed by atoms with van der Waals surface area (Å²) >= 11 is 0. The standard InChI is InChI=1S/C13H21NO2/c1-6-7-11-8-10(2)14(9-11)12(15)16-13(3,4)5/h10-11H,8-9H2,1-5H3/t10-,11+/m1/s1. The van der Waals surface area contributed by atoms with E-state index >= 15 is 0 Å². The third-order valence-electron chi connectivity index (χ3n) is 2.55. The molecule has 90 valence electrons. The van der Waals surface area contributed by atoms with Crippen molar-refractivity contribution in [2.45, 2.75) is 52.7 Å². The number of carbonyl (C=O) groups is 1. The van der Waals surface area contributed by atoms with Gasteiger partial charge in [0.2, 0.25) is 0 Å². The summed E-state index contributed by atoms with van der Waals surface area (Å²) in [4.78, 5) is 13.7.